The van der Waals surface area contributed by atoms with Crippen LogP contribution >= 0.6 is 0 Å². The molecule has 2 N–H and O–H groups in total. The second-order valence-electron chi connectivity index (χ2n) is 6.65. The highest BCUT2D eigenvalue weighted by Crippen LogP contribution is 2.22. The first kappa shape index (κ1) is 19.9. The fraction of sp³-hybridized carbons (Fsp3) is 0.130. The van der Waals surface area contributed by atoms with Crippen LogP contribution in [0, 0.1) is 0 Å². The second-order valence-corrected chi connectivity index (χ2v) is 6.65. The lowest BCUT2D eigenvalue weighted by Crippen LogP contribution is -2.21. The largest absolute Gasteiger partial charge is 0.457 e. The molecule has 3 aromatic rings. The van der Waals surface area contributed by atoms with Crippen LogP contribution in [0.25, 0.3) is 0 Å². The van der Waals surface area contributed by atoms with Crippen molar-refractivity contribution in [2.45, 2.75) is 6.42 Å². The molecule has 3 aromatic carbocycles. The van der Waals surface area contributed by atoms with Crippen LogP contribution in [0.1, 0.15) is 6.42 Å². The minimum atomic E-state index is -0.385. The van der Waals surface area contributed by atoms with E-state index in [0.29, 0.717) is 17.1 Å². The van der Waals surface area contributed by atoms with Crippen LogP contribution in [-0.2, 0) is 9.59 Å². The number of anilines is 3. The maximum atomic E-state index is 12.1. The summed E-state index contributed by atoms with van der Waals surface area (Å²) in [6, 6.07) is 23.8. The third-order valence-electron chi connectivity index (χ3n) is 4.11. The van der Waals surface area contributed by atoms with Gasteiger partial charge >= 0.3 is 0 Å². The molecule has 0 aliphatic heterocycles. The van der Waals surface area contributed by atoms with Gasteiger partial charge < -0.3 is 20.3 Å². The zero-order chi connectivity index (χ0) is 20.6. The molecular weight excluding hydrogens is 366 g/mol. The minimum Gasteiger partial charge on any atom is -0.457 e. The van der Waals surface area contributed by atoms with Crippen molar-refractivity contribution in [3.8, 4) is 11.5 Å². The zero-order valence-corrected chi connectivity index (χ0v) is 16.4. The van der Waals surface area contributed by atoms with E-state index in [2.05, 4.69) is 10.6 Å². The quantitative estimate of drug-likeness (QED) is 0.583. The minimum absolute atomic E-state index is 0.266. The third kappa shape index (κ3) is 6.10. The SMILES string of the molecule is CN(C)c1ccc(NC(=O)CC(=O)Nc2ccc(Oc3ccccc3)cc2)cc1. The fourth-order valence-corrected chi connectivity index (χ4v) is 2.63. The van der Waals surface area contributed by atoms with Crippen LogP contribution < -0.4 is 20.3 Å². The average molecular weight is 389 g/mol. The van der Waals surface area contributed by atoms with Crippen LogP contribution in [0.3, 0.4) is 0 Å². The molecular formula is C23H23N3O3. The normalized spacial score (nSPS) is 10.1. The highest BCUT2D eigenvalue weighted by Gasteiger charge is 2.10. The molecule has 0 aliphatic rings. The third-order valence-corrected chi connectivity index (χ3v) is 4.11. The molecule has 0 bridgehead atoms. The molecule has 0 fully saturated rings. The van der Waals surface area contributed by atoms with E-state index in [0.717, 1.165) is 11.4 Å². The Labute approximate surface area is 170 Å². The fourth-order valence-electron chi connectivity index (χ4n) is 2.63. The maximum Gasteiger partial charge on any atom is 0.233 e. The van der Waals surface area contributed by atoms with Gasteiger partial charge in [0.25, 0.3) is 0 Å². The Hall–Kier alpha value is -3.80. The van der Waals surface area contributed by atoms with Gasteiger partial charge in [0.15, 0.2) is 0 Å². The van der Waals surface area contributed by atoms with Gasteiger partial charge in [0, 0.05) is 31.2 Å². The summed E-state index contributed by atoms with van der Waals surface area (Å²) in [5.74, 6) is 0.640. The highest BCUT2D eigenvalue weighted by molar-refractivity contribution is 6.08. The number of rotatable bonds is 7. The number of amides is 2. The van der Waals surface area contributed by atoms with Crippen molar-refractivity contribution in [1.29, 1.82) is 0 Å². The van der Waals surface area contributed by atoms with Crippen molar-refractivity contribution < 1.29 is 14.3 Å². The molecule has 0 radical (unpaired) electrons. The number of carbonyl (C=O) groups excluding carboxylic acids is 2. The van der Waals surface area contributed by atoms with Crippen molar-refractivity contribution in [3.63, 3.8) is 0 Å². The lowest BCUT2D eigenvalue weighted by Gasteiger charge is -2.13. The van der Waals surface area contributed by atoms with E-state index in [1.807, 2.05) is 61.5 Å². The van der Waals surface area contributed by atoms with E-state index in [1.54, 1.807) is 36.4 Å². The maximum absolute atomic E-state index is 12.1. The van der Waals surface area contributed by atoms with Gasteiger partial charge in [0.1, 0.15) is 17.9 Å². The van der Waals surface area contributed by atoms with Gasteiger partial charge in [0.2, 0.25) is 11.8 Å². The number of nitrogens with zero attached hydrogens (tertiary/aromatic N) is 1. The summed E-state index contributed by atoms with van der Waals surface area (Å²) < 4.78 is 5.71. The number of para-hydroxylation sites is 1. The summed E-state index contributed by atoms with van der Waals surface area (Å²) in [7, 11) is 3.89. The average Bonchev–Trinajstić information content (AvgIpc) is 2.70. The smallest absolute Gasteiger partial charge is 0.233 e. The molecule has 0 atom stereocenters. The van der Waals surface area contributed by atoms with Crippen LogP contribution in [0.5, 0.6) is 11.5 Å². The summed E-state index contributed by atoms with van der Waals surface area (Å²) in [5.41, 5.74) is 2.27. The second kappa shape index (κ2) is 9.41. The van der Waals surface area contributed by atoms with Crippen molar-refractivity contribution in [1.82, 2.24) is 0 Å². The van der Waals surface area contributed by atoms with Gasteiger partial charge in [-0.25, -0.2) is 0 Å². The molecule has 0 heterocycles. The molecule has 0 unspecified atom stereocenters. The monoisotopic (exact) mass is 389 g/mol. The van der Waals surface area contributed by atoms with Gasteiger partial charge in [-0.1, -0.05) is 18.2 Å². The number of benzene rings is 3. The van der Waals surface area contributed by atoms with Gasteiger partial charge in [-0.2, -0.15) is 0 Å². The predicted octanol–water partition coefficient (Wildman–Crippen LogP) is 4.51. The standard InChI is InChI=1S/C23H23N3O3/c1-26(2)19-12-8-17(9-13-19)24-22(27)16-23(28)25-18-10-14-21(15-11-18)29-20-6-4-3-5-7-20/h3-15H,16H2,1-2H3,(H,24,27)(H,25,28). The Bertz CT molecular complexity index is 953. The first-order valence-electron chi connectivity index (χ1n) is 9.20. The zero-order valence-electron chi connectivity index (χ0n) is 16.4. The van der Waals surface area contributed by atoms with Crippen molar-refractivity contribution in [3.05, 3.63) is 78.9 Å². The number of nitrogens with one attached hydrogen (secondary N) is 2. The van der Waals surface area contributed by atoms with Crippen molar-refractivity contribution >= 4 is 28.9 Å². The summed E-state index contributed by atoms with van der Waals surface area (Å²) in [6.45, 7) is 0. The van der Waals surface area contributed by atoms with Crippen LogP contribution in [-0.4, -0.2) is 25.9 Å². The predicted molar refractivity (Wildman–Crippen MR) is 116 cm³/mol. The van der Waals surface area contributed by atoms with E-state index in [-0.39, 0.29) is 18.2 Å². The highest BCUT2D eigenvalue weighted by atomic mass is 16.5. The topological polar surface area (TPSA) is 70.7 Å². The number of carbonyl (C=O) groups is 2. The molecule has 6 nitrogen and oxygen atoms in total. The molecule has 0 saturated carbocycles. The van der Waals surface area contributed by atoms with Crippen LogP contribution in [0.4, 0.5) is 17.1 Å². The number of ether oxygens (including phenoxy) is 1. The molecule has 0 aliphatic carbocycles. The summed E-state index contributed by atoms with van der Waals surface area (Å²) >= 11 is 0. The molecule has 6 heteroatoms. The number of hydrogen-bond acceptors (Lipinski definition) is 4. The van der Waals surface area contributed by atoms with Gasteiger partial charge in [-0.05, 0) is 60.7 Å². The van der Waals surface area contributed by atoms with Crippen molar-refractivity contribution in [2.75, 3.05) is 29.6 Å². The lowest BCUT2D eigenvalue weighted by atomic mass is 10.2. The summed E-state index contributed by atoms with van der Waals surface area (Å²) in [5, 5.41) is 5.43. The first-order valence-corrected chi connectivity index (χ1v) is 9.20. The number of hydrogen-bond donors (Lipinski definition) is 2. The van der Waals surface area contributed by atoms with Gasteiger partial charge in [-0.3, -0.25) is 9.59 Å². The Morgan fingerprint density at radius 3 is 1.72 bits per heavy atom. The molecule has 3 rings (SSSR count). The Balaban J connectivity index is 1.49. The van der Waals surface area contributed by atoms with E-state index >= 15 is 0 Å². The summed E-state index contributed by atoms with van der Waals surface area (Å²) in [4.78, 5) is 26.2. The molecule has 0 aromatic heterocycles. The Morgan fingerprint density at radius 1 is 0.724 bits per heavy atom. The summed E-state index contributed by atoms with van der Waals surface area (Å²) in [6.07, 6.45) is -0.266. The first-order chi connectivity index (χ1) is 14.0. The van der Waals surface area contributed by atoms with Gasteiger partial charge in [0.05, 0.1) is 0 Å². The van der Waals surface area contributed by atoms with Gasteiger partial charge in [-0.15, -0.1) is 0 Å². The van der Waals surface area contributed by atoms with E-state index in [1.165, 1.54) is 0 Å². The Kier molecular flexibility index (Phi) is 6.47. The van der Waals surface area contributed by atoms with E-state index < -0.39 is 0 Å². The molecule has 29 heavy (non-hydrogen) atoms. The van der Waals surface area contributed by atoms with Crippen LogP contribution in [0.2, 0.25) is 0 Å². The Morgan fingerprint density at radius 2 is 1.21 bits per heavy atom. The molecule has 2 amide bonds. The molecule has 148 valence electrons. The lowest BCUT2D eigenvalue weighted by molar-refractivity contribution is -0.123. The molecule has 0 saturated heterocycles. The van der Waals surface area contributed by atoms with E-state index in [4.69, 9.17) is 4.74 Å². The van der Waals surface area contributed by atoms with E-state index in [9.17, 15) is 9.59 Å². The molecule has 0 spiro atoms. The van der Waals surface area contributed by atoms with Crippen molar-refractivity contribution in [2.24, 2.45) is 0 Å². The van der Waals surface area contributed by atoms with Crippen LogP contribution in [0.15, 0.2) is 78.9 Å².